The SMILES string of the molecule is Cc1ccc(C(=O)Nc2ccc(N3CCC(C)CC3)c(Cl)c2)c(Cl)c1. The number of benzene rings is 2. The number of nitrogens with one attached hydrogen (secondary N) is 1. The van der Waals surface area contributed by atoms with E-state index >= 15 is 0 Å². The minimum Gasteiger partial charge on any atom is -0.370 e. The van der Waals surface area contributed by atoms with Crippen molar-refractivity contribution in [1.82, 2.24) is 0 Å². The minimum absolute atomic E-state index is 0.236. The van der Waals surface area contributed by atoms with Crippen molar-refractivity contribution in [3.8, 4) is 0 Å². The maximum atomic E-state index is 12.4. The number of anilines is 2. The van der Waals surface area contributed by atoms with E-state index in [1.54, 1.807) is 18.2 Å². The highest BCUT2D eigenvalue weighted by Gasteiger charge is 2.18. The topological polar surface area (TPSA) is 32.3 Å². The lowest BCUT2D eigenvalue weighted by Gasteiger charge is -2.32. The predicted octanol–water partition coefficient (Wildman–Crippen LogP) is 5.79. The van der Waals surface area contributed by atoms with Crippen LogP contribution in [-0.4, -0.2) is 19.0 Å². The van der Waals surface area contributed by atoms with Gasteiger partial charge in [-0.2, -0.15) is 0 Å². The van der Waals surface area contributed by atoms with E-state index < -0.39 is 0 Å². The van der Waals surface area contributed by atoms with Gasteiger partial charge in [-0.25, -0.2) is 0 Å². The summed E-state index contributed by atoms with van der Waals surface area (Å²) < 4.78 is 0. The number of hydrogen-bond acceptors (Lipinski definition) is 2. The van der Waals surface area contributed by atoms with E-state index in [-0.39, 0.29) is 5.91 Å². The number of rotatable bonds is 3. The standard InChI is InChI=1S/C20H22Cl2N2O/c1-13-7-9-24(10-8-13)19-6-4-15(12-18(19)22)23-20(25)16-5-3-14(2)11-17(16)21/h3-6,11-13H,7-10H2,1-2H3,(H,23,25). The fraction of sp³-hybridized carbons (Fsp3) is 0.350. The van der Waals surface area contributed by atoms with Gasteiger partial charge in [0, 0.05) is 18.8 Å². The van der Waals surface area contributed by atoms with E-state index in [4.69, 9.17) is 23.2 Å². The molecule has 25 heavy (non-hydrogen) atoms. The zero-order valence-electron chi connectivity index (χ0n) is 14.5. The van der Waals surface area contributed by atoms with Gasteiger partial charge in [0.05, 0.1) is 21.3 Å². The average molecular weight is 377 g/mol. The summed E-state index contributed by atoms with van der Waals surface area (Å²) in [6.07, 6.45) is 2.36. The molecule has 1 saturated heterocycles. The second-order valence-corrected chi connectivity index (χ2v) is 7.59. The largest absolute Gasteiger partial charge is 0.370 e. The van der Waals surface area contributed by atoms with Crippen LogP contribution in [0.3, 0.4) is 0 Å². The first-order chi connectivity index (χ1) is 11.9. The normalized spacial score (nSPS) is 15.3. The number of carbonyl (C=O) groups is 1. The average Bonchev–Trinajstić information content (AvgIpc) is 2.56. The molecule has 3 nitrogen and oxygen atoms in total. The van der Waals surface area contributed by atoms with Gasteiger partial charge in [0.1, 0.15) is 0 Å². The van der Waals surface area contributed by atoms with Crippen molar-refractivity contribution in [3.63, 3.8) is 0 Å². The van der Waals surface area contributed by atoms with Gasteiger partial charge >= 0.3 is 0 Å². The Balaban J connectivity index is 1.73. The lowest BCUT2D eigenvalue weighted by molar-refractivity contribution is 0.102. The summed E-state index contributed by atoms with van der Waals surface area (Å²) in [6, 6.07) is 11.1. The Morgan fingerprint density at radius 1 is 1.08 bits per heavy atom. The molecule has 0 bridgehead atoms. The molecule has 1 aliphatic rings. The molecule has 0 aliphatic carbocycles. The van der Waals surface area contributed by atoms with Gasteiger partial charge in [-0.1, -0.05) is 36.2 Å². The van der Waals surface area contributed by atoms with Gasteiger partial charge in [-0.3, -0.25) is 4.79 Å². The summed E-state index contributed by atoms with van der Waals surface area (Å²) in [5.41, 5.74) is 3.17. The Hall–Kier alpha value is -1.71. The van der Waals surface area contributed by atoms with Crippen LogP contribution in [0.25, 0.3) is 0 Å². The van der Waals surface area contributed by atoms with Crippen molar-refractivity contribution in [2.24, 2.45) is 5.92 Å². The first kappa shape index (κ1) is 18.1. The summed E-state index contributed by atoms with van der Waals surface area (Å²) >= 11 is 12.6. The second kappa shape index (κ2) is 7.67. The third-order valence-electron chi connectivity index (χ3n) is 4.70. The van der Waals surface area contributed by atoms with E-state index in [0.29, 0.717) is 21.3 Å². The smallest absolute Gasteiger partial charge is 0.257 e. The van der Waals surface area contributed by atoms with Crippen molar-refractivity contribution in [2.45, 2.75) is 26.7 Å². The van der Waals surface area contributed by atoms with Gasteiger partial charge in [-0.05, 0) is 61.6 Å². The molecule has 1 aliphatic heterocycles. The highest BCUT2D eigenvalue weighted by molar-refractivity contribution is 6.35. The van der Waals surface area contributed by atoms with E-state index in [1.165, 1.54) is 12.8 Å². The first-order valence-corrected chi connectivity index (χ1v) is 9.31. The molecular weight excluding hydrogens is 355 g/mol. The first-order valence-electron chi connectivity index (χ1n) is 8.56. The van der Waals surface area contributed by atoms with Crippen molar-refractivity contribution in [1.29, 1.82) is 0 Å². The summed E-state index contributed by atoms with van der Waals surface area (Å²) in [5, 5.41) is 3.97. The van der Waals surface area contributed by atoms with Crippen LogP contribution in [-0.2, 0) is 0 Å². The fourth-order valence-corrected chi connectivity index (χ4v) is 3.71. The van der Waals surface area contributed by atoms with Crippen LogP contribution in [0.4, 0.5) is 11.4 Å². The highest BCUT2D eigenvalue weighted by atomic mass is 35.5. The lowest BCUT2D eigenvalue weighted by Crippen LogP contribution is -2.32. The third kappa shape index (κ3) is 4.28. The second-order valence-electron chi connectivity index (χ2n) is 6.77. The van der Waals surface area contributed by atoms with Crippen LogP contribution in [0.2, 0.25) is 10.0 Å². The van der Waals surface area contributed by atoms with Gasteiger partial charge in [0.15, 0.2) is 0 Å². The number of hydrogen-bond donors (Lipinski definition) is 1. The number of halogens is 2. The van der Waals surface area contributed by atoms with Crippen LogP contribution < -0.4 is 10.2 Å². The van der Waals surface area contributed by atoms with Crippen LogP contribution >= 0.6 is 23.2 Å². The Bertz CT molecular complexity index is 783. The molecule has 1 N–H and O–H groups in total. The predicted molar refractivity (Wildman–Crippen MR) is 106 cm³/mol. The van der Waals surface area contributed by atoms with E-state index in [9.17, 15) is 4.79 Å². The molecule has 0 saturated carbocycles. The summed E-state index contributed by atoms with van der Waals surface area (Å²) in [4.78, 5) is 14.7. The maximum absolute atomic E-state index is 12.4. The van der Waals surface area contributed by atoms with E-state index in [0.717, 1.165) is 30.3 Å². The molecule has 1 fully saturated rings. The van der Waals surface area contributed by atoms with Crippen molar-refractivity contribution in [2.75, 3.05) is 23.3 Å². The van der Waals surface area contributed by atoms with Crippen molar-refractivity contribution < 1.29 is 4.79 Å². The molecule has 1 amide bonds. The molecule has 0 aromatic heterocycles. The van der Waals surface area contributed by atoms with Crippen LogP contribution in [0.5, 0.6) is 0 Å². The number of nitrogens with zero attached hydrogens (tertiary/aromatic N) is 1. The Kier molecular flexibility index (Phi) is 5.55. The number of amides is 1. The zero-order valence-corrected chi connectivity index (χ0v) is 16.0. The molecule has 2 aromatic rings. The summed E-state index contributed by atoms with van der Waals surface area (Å²) in [7, 11) is 0. The molecule has 1 heterocycles. The van der Waals surface area contributed by atoms with Gasteiger partial charge in [0.25, 0.3) is 5.91 Å². The number of carbonyl (C=O) groups excluding carboxylic acids is 1. The van der Waals surface area contributed by atoms with Crippen molar-refractivity contribution >= 4 is 40.5 Å². The fourth-order valence-electron chi connectivity index (χ4n) is 3.09. The molecule has 0 atom stereocenters. The number of aryl methyl sites for hydroxylation is 1. The maximum Gasteiger partial charge on any atom is 0.257 e. The van der Waals surface area contributed by atoms with Gasteiger partial charge in [-0.15, -0.1) is 0 Å². The zero-order chi connectivity index (χ0) is 18.0. The molecule has 2 aromatic carbocycles. The van der Waals surface area contributed by atoms with Gasteiger partial charge < -0.3 is 10.2 Å². The van der Waals surface area contributed by atoms with Gasteiger partial charge in [0.2, 0.25) is 0 Å². The summed E-state index contributed by atoms with van der Waals surface area (Å²) in [6.45, 7) is 6.26. The van der Waals surface area contributed by atoms with Crippen LogP contribution in [0, 0.1) is 12.8 Å². The van der Waals surface area contributed by atoms with E-state index in [2.05, 4.69) is 17.1 Å². The Labute approximate surface area is 158 Å². The Morgan fingerprint density at radius 2 is 1.80 bits per heavy atom. The molecule has 5 heteroatoms. The molecule has 0 unspecified atom stereocenters. The van der Waals surface area contributed by atoms with Crippen LogP contribution in [0.15, 0.2) is 36.4 Å². The monoisotopic (exact) mass is 376 g/mol. The quantitative estimate of drug-likeness (QED) is 0.734. The molecule has 3 rings (SSSR count). The third-order valence-corrected chi connectivity index (χ3v) is 5.31. The molecule has 0 spiro atoms. The lowest BCUT2D eigenvalue weighted by atomic mass is 9.99. The molecule has 0 radical (unpaired) electrons. The number of piperidine rings is 1. The molecule has 132 valence electrons. The highest BCUT2D eigenvalue weighted by Crippen LogP contribution is 2.32. The Morgan fingerprint density at radius 3 is 2.44 bits per heavy atom. The summed E-state index contributed by atoms with van der Waals surface area (Å²) in [5.74, 6) is 0.536. The van der Waals surface area contributed by atoms with Crippen molar-refractivity contribution in [3.05, 3.63) is 57.6 Å². The molecular formula is C20H22Cl2N2O. The minimum atomic E-state index is -0.236. The van der Waals surface area contributed by atoms with Crippen LogP contribution in [0.1, 0.15) is 35.7 Å². The van der Waals surface area contributed by atoms with E-state index in [1.807, 2.05) is 25.1 Å².